The van der Waals surface area contributed by atoms with E-state index in [1.807, 2.05) is 6.92 Å². The lowest BCUT2D eigenvalue weighted by Crippen LogP contribution is -1.95. The Morgan fingerprint density at radius 3 is 2.47 bits per heavy atom. The Balaban J connectivity index is 2.68. The van der Waals surface area contributed by atoms with Gasteiger partial charge in [0.05, 0.1) is 11.3 Å². The minimum Gasteiger partial charge on any atom is -0.382 e. The van der Waals surface area contributed by atoms with Gasteiger partial charge in [-0.15, -0.1) is 0 Å². The van der Waals surface area contributed by atoms with Gasteiger partial charge in [0.15, 0.2) is 0 Å². The van der Waals surface area contributed by atoms with Gasteiger partial charge in [0.1, 0.15) is 17.5 Å². The molecule has 0 atom stereocenters. The Bertz CT molecular complexity index is 543. The van der Waals surface area contributed by atoms with Crippen molar-refractivity contribution < 1.29 is 8.78 Å². The summed E-state index contributed by atoms with van der Waals surface area (Å²) in [4.78, 5) is 0. The van der Waals surface area contributed by atoms with Crippen LogP contribution in [0.1, 0.15) is 12.5 Å². The molecule has 90 valence electrons. The molecular weight excluding hydrogens is 292 g/mol. The molecule has 0 saturated heterocycles. The van der Waals surface area contributed by atoms with E-state index in [9.17, 15) is 8.78 Å². The molecule has 17 heavy (non-hydrogen) atoms. The number of nitrogen functional groups attached to an aromatic ring is 1. The second-order valence-corrected chi connectivity index (χ2v) is 4.48. The zero-order chi connectivity index (χ0) is 12.6. The van der Waals surface area contributed by atoms with Crippen LogP contribution >= 0.6 is 15.9 Å². The summed E-state index contributed by atoms with van der Waals surface area (Å²) in [6, 6.07) is 2.41. The van der Waals surface area contributed by atoms with Gasteiger partial charge in [0, 0.05) is 10.0 Å². The van der Waals surface area contributed by atoms with Crippen molar-refractivity contribution in [2.75, 3.05) is 5.73 Å². The molecule has 0 aliphatic rings. The van der Waals surface area contributed by atoms with Crippen LogP contribution < -0.4 is 5.73 Å². The molecule has 0 fully saturated rings. The highest BCUT2D eigenvalue weighted by Gasteiger charge is 2.19. The molecule has 1 aromatic heterocycles. The molecule has 6 heteroatoms. The summed E-state index contributed by atoms with van der Waals surface area (Å²) in [6.45, 7) is 1.85. The van der Waals surface area contributed by atoms with E-state index in [2.05, 4.69) is 26.1 Å². The molecule has 0 bridgehead atoms. The summed E-state index contributed by atoms with van der Waals surface area (Å²) >= 11 is 3.03. The number of nitrogens with zero attached hydrogens (tertiary/aromatic N) is 1. The van der Waals surface area contributed by atoms with Crippen LogP contribution in [0.5, 0.6) is 0 Å². The predicted octanol–water partition coefficient (Wildman–Crippen LogP) is 3.26. The maximum absolute atomic E-state index is 13.8. The van der Waals surface area contributed by atoms with Gasteiger partial charge in [-0.1, -0.05) is 22.9 Å². The second-order valence-electron chi connectivity index (χ2n) is 3.56. The van der Waals surface area contributed by atoms with E-state index in [1.165, 1.54) is 12.1 Å². The van der Waals surface area contributed by atoms with Crippen molar-refractivity contribution in [2.24, 2.45) is 0 Å². The number of nitrogens with one attached hydrogen (secondary N) is 1. The molecule has 1 heterocycles. The number of hydrogen-bond acceptors (Lipinski definition) is 2. The minimum atomic E-state index is -0.657. The molecular formula is C11H10BrF2N3. The predicted molar refractivity (Wildman–Crippen MR) is 65.4 cm³/mol. The largest absolute Gasteiger partial charge is 0.382 e. The highest BCUT2D eigenvalue weighted by molar-refractivity contribution is 9.10. The van der Waals surface area contributed by atoms with Gasteiger partial charge in [-0.2, -0.15) is 5.10 Å². The fourth-order valence-corrected chi connectivity index (χ4v) is 2.13. The zero-order valence-corrected chi connectivity index (χ0v) is 10.6. The van der Waals surface area contributed by atoms with Crippen molar-refractivity contribution in [3.8, 4) is 11.3 Å². The first-order valence-electron chi connectivity index (χ1n) is 5.02. The quantitative estimate of drug-likeness (QED) is 0.894. The lowest BCUT2D eigenvalue weighted by molar-refractivity contribution is 0.587. The van der Waals surface area contributed by atoms with Crippen molar-refractivity contribution >= 4 is 21.7 Å². The van der Waals surface area contributed by atoms with Crippen molar-refractivity contribution in [3.63, 3.8) is 0 Å². The van der Waals surface area contributed by atoms with Crippen LogP contribution in [-0.4, -0.2) is 10.2 Å². The first-order valence-corrected chi connectivity index (χ1v) is 5.81. The monoisotopic (exact) mass is 301 g/mol. The van der Waals surface area contributed by atoms with Crippen LogP contribution in [0.3, 0.4) is 0 Å². The second kappa shape index (κ2) is 4.44. The van der Waals surface area contributed by atoms with E-state index in [0.717, 1.165) is 0 Å². The Kier molecular flexibility index (Phi) is 3.15. The van der Waals surface area contributed by atoms with E-state index in [0.29, 0.717) is 22.2 Å². The third-order valence-electron chi connectivity index (χ3n) is 2.51. The van der Waals surface area contributed by atoms with Crippen molar-refractivity contribution in [3.05, 3.63) is 33.8 Å². The zero-order valence-electron chi connectivity index (χ0n) is 9.02. The van der Waals surface area contributed by atoms with Crippen LogP contribution in [0.4, 0.5) is 14.6 Å². The number of nitrogens with two attached hydrogens (primary N) is 1. The number of hydrogen-bond donors (Lipinski definition) is 2. The number of H-pyrrole nitrogens is 1. The molecule has 0 unspecified atom stereocenters. The Hall–Kier alpha value is -1.43. The Morgan fingerprint density at radius 2 is 1.94 bits per heavy atom. The van der Waals surface area contributed by atoms with Gasteiger partial charge in [-0.3, -0.25) is 5.10 Å². The first-order chi connectivity index (χ1) is 8.04. The average molecular weight is 302 g/mol. The maximum atomic E-state index is 13.8. The molecule has 0 saturated carbocycles. The third kappa shape index (κ3) is 2.04. The third-order valence-corrected chi connectivity index (χ3v) is 2.97. The molecule has 0 aliphatic carbocycles. The van der Waals surface area contributed by atoms with E-state index < -0.39 is 11.6 Å². The molecule has 3 nitrogen and oxygen atoms in total. The van der Waals surface area contributed by atoms with Gasteiger partial charge in [0.25, 0.3) is 0 Å². The molecule has 0 spiro atoms. The first kappa shape index (κ1) is 12.0. The van der Waals surface area contributed by atoms with Crippen molar-refractivity contribution in [2.45, 2.75) is 13.3 Å². The summed E-state index contributed by atoms with van der Waals surface area (Å²) < 4.78 is 27.9. The molecule has 0 aliphatic heterocycles. The molecule has 0 radical (unpaired) electrons. The van der Waals surface area contributed by atoms with E-state index in [1.54, 1.807) is 0 Å². The van der Waals surface area contributed by atoms with Crippen LogP contribution in [0.15, 0.2) is 16.6 Å². The van der Waals surface area contributed by atoms with E-state index in [-0.39, 0.29) is 11.4 Å². The van der Waals surface area contributed by atoms with Gasteiger partial charge in [0.2, 0.25) is 0 Å². The van der Waals surface area contributed by atoms with Gasteiger partial charge >= 0.3 is 0 Å². The topological polar surface area (TPSA) is 54.7 Å². The lowest BCUT2D eigenvalue weighted by Gasteiger charge is -2.05. The van der Waals surface area contributed by atoms with Crippen LogP contribution in [-0.2, 0) is 6.42 Å². The molecule has 3 N–H and O–H groups in total. The fraction of sp³-hybridized carbons (Fsp3) is 0.182. The number of aromatic nitrogens is 2. The number of aromatic amines is 1. The molecule has 0 amide bonds. The Morgan fingerprint density at radius 1 is 1.35 bits per heavy atom. The normalized spacial score (nSPS) is 10.8. The summed E-state index contributed by atoms with van der Waals surface area (Å²) in [6.07, 6.45) is 0.548. The van der Waals surface area contributed by atoms with Crippen LogP contribution in [0.2, 0.25) is 0 Å². The van der Waals surface area contributed by atoms with Crippen LogP contribution in [0, 0.1) is 11.6 Å². The van der Waals surface area contributed by atoms with Gasteiger partial charge in [-0.25, -0.2) is 8.78 Å². The minimum absolute atomic E-state index is 0.130. The SMILES string of the molecule is CCc1c(N)n[nH]c1-c1c(F)cc(Br)cc1F. The smallest absolute Gasteiger partial charge is 0.149 e. The Labute approximate surface area is 105 Å². The standard InChI is InChI=1S/C11H10BrF2N3/c1-2-6-10(16-17-11(6)15)9-7(13)3-5(12)4-8(9)14/h3-4H,2H2,1H3,(H3,15,16,17). The molecule has 2 rings (SSSR count). The number of rotatable bonds is 2. The molecule has 1 aromatic carbocycles. The van der Waals surface area contributed by atoms with E-state index >= 15 is 0 Å². The van der Waals surface area contributed by atoms with Crippen molar-refractivity contribution in [1.29, 1.82) is 0 Å². The average Bonchev–Trinajstić information content (AvgIpc) is 2.58. The van der Waals surface area contributed by atoms with Gasteiger partial charge < -0.3 is 5.73 Å². The number of anilines is 1. The number of benzene rings is 1. The maximum Gasteiger partial charge on any atom is 0.149 e. The molecule has 2 aromatic rings. The number of halogens is 3. The highest BCUT2D eigenvalue weighted by Crippen LogP contribution is 2.32. The summed E-state index contributed by atoms with van der Waals surface area (Å²) in [5.41, 5.74) is 6.41. The fourth-order valence-electron chi connectivity index (χ4n) is 1.72. The summed E-state index contributed by atoms with van der Waals surface area (Å²) in [5, 5.41) is 6.35. The van der Waals surface area contributed by atoms with Crippen LogP contribution in [0.25, 0.3) is 11.3 Å². The van der Waals surface area contributed by atoms with E-state index in [4.69, 9.17) is 5.73 Å². The summed E-state index contributed by atoms with van der Waals surface area (Å²) in [7, 11) is 0. The lowest BCUT2D eigenvalue weighted by atomic mass is 10.0. The van der Waals surface area contributed by atoms with Crippen molar-refractivity contribution in [1.82, 2.24) is 10.2 Å². The summed E-state index contributed by atoms with van der Waals surface area (Å²) in [5.74, 6) is -1.05. The van der Waals surface area contributed by atoms with Gasteiger partial charge in [-0.05, 0) is 18.6 Å². The highest BCUT2D eigenvalue weighted by atomic mass is 79.9.